The summed E-state index contributed by atoms with van der Waals surface area (Å²) >= 11 is 0. The predicted molar refractivity (Wildman–Crippen MR) is 73.2 cm³/mol. The molecule has 0 aliphatic heterocycles. The Morgan fingerprint density at radius 2 is 1.85 bits per heavy atom. The number of hydrogen-bond acceptors (Lipinski definition) is 3. The Morgan fingerprint density at radius 3 is 2.45 bits per heavy atom. The van der Waals surface area contributed by atoms with Crippen molar-refractivity contribution in [2.45, 2.75) is 12.8 Å². The van der Waals surface area contributed by atoms with Crippen LogP contribution in [0, 0.1) is 0 Å². The number of aliphatic carboxylic acids is 1. The van der Waals surface area contributed by atoms with Crippen molar-refractivity contribution in [1.82, 2.24) is 10.6 Å². The summed E-state index contributed by atoms with van der Waals surface area (Å²) in [6.45, 7) is 2.31. The van der Waals surface area contributed by atoms with Crippen molar-refractivity contribution in [3.05, 3.63) is 48.0 Å². The summed E-state index contributed by atoms with van der Waals surface area (Å²) in [5, 5.41) is 12.9. The van der Waals surface area contributed by atoms with Gasteiger partial charge in [0.2, 0.25) is 0 Å². The Morgan fingerprint density at radius 1 is 1.20 bits per heavy atom. The van der Waals surface area contributed by atoms with Gasteiger partial charge in [0.05, 0.1) is 0 Å². The molecule has 1 aromatic carbocycles. The number of carbonyl (C=O) groups excluding carboxylic acids is 2. The summed E-state index contributed by atoms with van der Waals surface area (Å²) in [5.41, 5.74) is 1.07. The maximum Gasteiger partial charge on any atom is 0.328 e. The zero-order chi connectivity index (χ0) is 15.0. The molecule has 3 N–H and O–H groups in total. The number of imide groups is 1. The molecule has 0 aromatic heterocycles. The molecule has 0 spiro atoms. The number of urea groups is 1. The van der Waals surface area contributed by atoms with Crippen LogP contribution in [-0.4, -0.2) is 29.6 Å². The molecule has 20 heavy (non-hydrogen) atoms. The average Bonchev–Trinajstić information content (AvgIpc) is 2.43. The third-order valence-electron chi connectivity index (χ3n) is 2.55. The highest BCUT2D eigenvalue weighted by Gasteiger charge is 2.08. The van der Waals surface area contributed by atoms with Gasteiger partial charge in [-0.25, -0.2) is 9.59 Å². The van der Waals surface area contributed by atoms with Gasteiger partial charge in [-0.3, -0.25) is 10.1 Å². The van der Waals surface area contributed by atoms with Crippen LogP contribution in [0.5, 0.6) is 0 Å². The zero-order valence-corrected chi connectivity index (χ0v) is 11.0. The average molecular weight is 276 g/mol. The van der Waals surface area contributed by atoms with Crippen LogP contribution in [0.25, 0.3) is 0 Å². The summed E-state index contributed by atoms with van der Waals surface area (Å²) in [6.07, 6.45) is 1.44. The number of carboxylic acids is 1. The Bertz CT molecular complexity index is 511. The van der Waals surface area contributed by atoms with E-state index in [9.17, 15) is 14.4 Å². The van der Waals surface area contributed by atoms with E-state index in [1.54, 1.807) is 0 Å². The van der Waals surface area contributed by atoms with E-state index in [1.807, 2.05) is 42.6 Å². The first kappa shape index (κ1) is 15.4. The standard InChI is InChI=1S/C14H16N2O4/c1-10(11-5-3-2-4-6-11)9-15-14(20)16-12(17)7-8-13(18)19/h2-8,10H,9H2,1H3,(H,18,19)(H2,15,16,17,20)/b8-7+. The summed E-state index contributed by atoms with van der Waals surface area (Å²) < 4.78 is 0. The monoisotopic (exact) mass is 276 g/mol. The van der Waals surface area contributed by atoms with Crippen LogP contribution in [0.15, 0.2) is 42.5 Å². The van der Waals surface area contributed by atoms with Gasteiger partial charge in [0.1, 0.15) is 0 Å². The number of nitrogens with one attached hydrogen (secondary N) is 2. The highest BCUT2D eigenvalue weighted by molar-refractivity contribution is 6.02. The number of amides is 3. The molecule has 0 aliphatic rings. The molecular weight excluding hydrogens is 260 g/mol. The molecule has 3 amide bonds. The molecule has 0 aliphatic carbocycles. The Labute approximate surface area is 116 Å². The molecule has 0 bridgehead atoms. The van der Waals surface area contributed by atoms with Crippen LogP contribution in [0.2, 0.25) is 0 Å². The molecule has 0 radical (unpaired) electrons. The van der Waals surface area contributed by atoms with Crippen LogP contribution in [-0.2, 0) is 9.59 Å². The lowest BCUT2D eigenvalue weighted by atomic mass is 10.0. The number of carbonyl (C=O) groups is 3. The molecule has 106 valence electrons. The number of benzene rings is 1. The van der Waals surface area contributed by atoms with Crippen molar-refractivity contribution < 1.29 is 19.5 Å². The third kappa shape index (κ3) is 5.81. The van der Waals surface area contributed by atoms with Gasteiger partial charge >= 0.3 is 12.0 Å². The lowest BCUT2D eigenvalue weighted by Crippen LogP contribution is -2.40. The van der Waals surface area contributed by atoms with Gasteiger partial charge in [0, 0.05) is 18.7 Å². The van der Waals surface area contributed by atoms with Crippen molar-refractivity contribution in [1.29, 1.82) is 0 Å². The van der Waals surface area contributed by atoms with Crippen LogP contribution < -0.4 is 10.6 Å². The second-order valence-electron chi connectivity index (χ2n) is 4.18. The van der Waals surface area contributed by atoms with Crippen molar-refractivity contribution in [3.63, 3.8) is 0 Å². The van der Waals surface area contributed by atoms with Crippen LogP contribution in [0.3, 0.4) is 0 Å². The van der Waals surface area contributed by atoms with E-state index in [4.69, 9.17) is 5.11 Å². The highest BCUT2D eigenvalue weighted by atomic mass is 16.4. The molecule has 0 fully saturated rings. The second-order valence-corrected chi connectivity index (χ2v) is 4.18. The maximum absolute atomic E-state index is 11.4. The number of hydrogen-bond donors (Lipinski definition) is 3. The minimum absolute atomic E-state index is 0.103. The van der Waals surface area contributed by atoms with Gasteiger partial charge in [-0.1, -0.05) is 37.3 Å². The summed E-state index contributed by atoms with van der Waals surface area (Å²) in [7, 11) is 0. The SMILES string of the molecule is CC(CNC(=O)NC(=O)/C=C/C(=O)O)c1ccccc1. The summed E-state index contributed by atoms with van der Waals surface area (Å²) in [5.74, 6) is -1.93. The minimum atomic E-state index is -1.25. The topological polar surface area (TPSA) is 95.5 Å². The lowest BCUT2D eigenvalue weighted by molar-refractivity contribution is -0.131. The zero-order valence-electron chi connectivity index (χ0n) is 11.0. The fourth-order valence-corrected chi connectivity index (χ4v) is 1.49. The maximum atomic E-state index is 11.4. The van der Waals surface area contributed by atoms with Crippen molar-refractivity contribution in [3.8, 4) is 0 Å². The van der Waals surface area contributed by atoms with Crippen molar-refractivity contribution in [2.24, 2.45) is 0 Å². The van der Waals surface area contributed by atoms with Gasteiger partial charge in [-0.2, -0.15) is 0 Å². The quantitative estimate of drug-likeness (QED) is 0.705. The summed E-state index contributed by atoms with van der Waals surface area (Å²) in [6, 6.07) is 8.96. The molecule has 0 saturated heterocycles. The fraction of sp³-hybridized carbons (Fsp3) is 0.214. The fourth-order valence-electron chi connectivity index (χ4n) is 1.49. The third-order valence-corrected chi connectivity index (χ3v) is 2.55. The van der Waals surface area contributed by atoms with Crippen molar-refractivity contribution in [2.75, 3.05) is 6.54 Å². The molecule has 1 unspecified atom stereocenters. The number of rotatable bonds is 5. The highest BCUT2D eigenvalue weighted by Crippen LogP contribution is 2.12. The Balaban J connectivity index is 2.37. The Kier molecular flexibility index (Phi) is 5.96. The van der Waals surface area contributed by atoms with E-state index in [0.29, 0.717) is 12.6 Å². The molecule has 6 heteroatoms. The van der Waals surface area contributed by atoms with Crippen LogP contribution in [0.1, 0.15) is 18.4 Å². The predicted octanol–water partition coefficient (Wildman–Crippen LogP) is 1.26. The molecule has 1 rings (SSSR count). The number of carboxylic acid groups (broad SMARTS) is 1. The van der Waals surface area contributed by atoms with Gasteiger partial charge < -0.3 is 10.4 Å². The van der Waals surface area contributed by atoms with Crippen LogP contribution in [0.4, 0.5) is 4.79 Å². The molecular formula is C14H16N2O4. The van der Waals surface area contributed by atoms with Gasteiger partial charge in [0.15, 0.2) is 0 Å². The first-order chi connectivity index (χ1) is 9.49. The van der Waals surface area contributed by atoms with Gasteiger partial charge in [-0.15, -0.1) is 0 Å². The smallest absolute Gasteiger partial charge is 0.328 e. The van der Waals surface area contributed by atoms with Crippen molar-refractivity contribution >= 4 is 17.9 Å². The molecule has 0 saturated carbocycles. The Hall–Kier alpha value is -2.63. The second kappa shape index (κ2) is 7.73. The molecule has 1 atom stereocenters. The van der Waals surface area contributed by atoms with E-state index in [2.05, 4.69) is 5.32 Å². The summed E-state index contributed by atoms with van der Waals surface area (Å²) in [4.78, 5) is 32.8. The van der Waals surface area contributed by atoms with E-state index in [-0.39, 0.29) is 5.92 Å². The van der Waals surface area contributed by atoms with E-state index in [0.717, 1.165) is 11.6 Å². The first-order valence-electron chi connectivity index (χ1n) is 6.04. The van der Waals surface area contributed by atoms with Gasteiger partial charge in [0.25, 0.3) is 5.91 Å². The van der Waals surface area contributed by atoms with E-state index < -0.39 is 17.9 Å². The van der Waals surface area contributed by atoms with E-state index >= 15 is 0 Å². The molecule has 1 aromatic rings. The largest absolute Gasteiger partial charge is 0.478 e. The first-order valence-corrected chi connectivity index (χ1v) is 6.04. The van der Waals surface area contributed by atoms with E-state index in [1.165, 1.54) is 0 Å². The molecule has 6 nitrogen and oxygen atoms in total. The van der Waals surface area contributed by atoms with Gasteiger partial charge in [-0.05, 0) is 11.5 Å². The minimum Gasteiger partial charge on any atom is -0.478 e. The van der Waals surface area contributed by atoms with Crippen LogP contribution >= 0.6 is 0 Å². The normalized spacial score (nSPS) is 11.8. The lowest BCUT2D eigenvalue weighted by Gasteiger charge is -2.12. The molecule has 0 heterocycles.